The molecule has 21 heavy (non-hydrogen) atoms. The van der Waals surface area contributed by atoms with E-state index in [4.69, 9.17) is 4.74 Å². The normalized spacial score (nSPS) is 14.1. The first-order chi connectivity index (χ1) is 9.97. The van der Waals surface area contributed by atoms with Crippen LogP contribution in [0.4, 0.5) is 15.8 Å². The van der Waals surface area contributed by atoms with Crippen molar-refractivity contribution in [3.05, 3.63) is 34.1 Å². The predicted octanol–water partition coefficient (Wildman–Crippen LogP) is 2.02. The number of rotatable bonds is 5. The van der Waals surface area contributed by atoms with Gasteiger partial charge in [0, 0.05) is 11.8 Å². The van der Waals surface area contributed by atoms with Crippen LogP contribution in [0.5, 0.6) is 0 Å². The molecule has 2 rings (SSSR count). The minimum atomic E-state index is -0.991. The van der Waals surface area contributed by atoms with Crippen LogP contribution in [0.25, 0.3) is 0 Å². The standard InChI is InChI=1S/C13H13FN2O5/c14-10-5-4-9(6-11(10)16(19)20)15-12(17)7-21-13(18)8-2-1-3-8/h4-6,8H,1-3,7H2,(H,15,17). The van der Waals surface area contributed by atoms with E-state index in [1.807, 2.05) is 0 Å². The lowest BCUT2D eigenvalue weighted by Gasteiger charge is -2.22. The molecule has 1 fully saturated rings. The Balaban J connectivity index is 1.88. The summed E-state index contributed by atoms with van der Waals surface area (Å²) in [4.78, 5) is 32.7. The van der Waals surface area contributed by atoms with Crippen molar-refractivity contribution in [2.24, 2.45) is 5.92 Å². The molecule has 0 bridgehead atoms. The van der Waals surface area contributed by atoms with Crippen LogP contribution in [0.15, 0.2) is 18.2 Å². The number of nitrogens with zero attached hydrogens (tertiary/aromatic N) is 1. The molecule has 8 heteroatoms. The van der Waals surface area contributed by atoms with Gasteiger partial charge in [-0.15, -0.1) is 0 Å². The van der Waals surface area contributed by atoms with Gasteiger partial charge in [-0.25, -0.2) is 0 Å². The zero-order valence-corrected chi connectivity index (χ0v) is 11.0. The van der Waals surface area contributed by atoms with Gasteiger partial charge in [0.2, 0.25) is 5.82 Å². The average Bonchev–Trinajstić information content (AvgIpc) is 2.36. The maximum absolute atomic E-state index is 13.1. The molecule has 0 heterocycles. The number of carbonyl (C=O) groups is 2. The topological polar surface area (TPSA) is 98.5 Å². The highest BCUT2D eigenvalue weighted by Crippen LogP contribution is 2.27. The van der Waals surface area contributed by atoms with Gasteiger partial charge in [-0.2, -0.15) is 4.39 Å². The summed E-state index contributed by atoms with van der Waals surface area (Å²) in [5.74, 6) is -2.18. The molecule has 0 saturated heterocycles. The monoisotopic (exact) mass is 296 g/mol. The Hall–Kier alpha value is -2.51. The Kier molecular flexibility index (Phi) is 4.46. The van der Waals surface area contributed by atoms with Gasteiger partial charge in [-0.3, -0.25) is 19.7 Å². The van der Waals surface area contributed by atoms with Crippen LogP contribution >= 0.6 is 0 Å². The highest BCUT2D eigenvalue weighted by molar-refractivity contribution is 5.93. The van der Waals surface area contributed by atoms with Gasteiger partial charge >= 0.3 is 11.7 Å². The van der Waals surface area contributed by atoms with E-state index in [1.165, 1.54) is 6.07 Å². The van der Waals surface area contributed by atoms with E-state index in [9.17, 15) is 24.1 Å². The molecule has 0 spiro atoms. The molecule has 1 amide bonds. The number of carbonyl (C=O) groups excluding carboxylic acids is 2. The minimum Gasteiger partial charge on any atom is -0.455 e. The van der Waals surface area contributed by atoms with Crippen LogP contribution in [-0.2, 0) is 14.3 Å². The van der Waals surface area contributed by atoms with Crippen LogP contribution in [0.3, 0.4) is 0 Å². The Morgan fingerprint density at radius 3 is 2.71 bits per heavy atom. The van der Waals surface area contributed by atoms with Crippen LogP contribution < -0.4 is 5.32 Å². The first-order valence-corrected chi connectivity index (χ1v) is 6.38. The first kappa shape index (κ1) is 14.9. The molecule has 0 unspecified atom stereocenters. The fraction of sp³-hybridized carbons (Fsp3) is 0.385. The van der Waals surface area contributed by atoms with Crippen molar-refractivity contribution < 1.29 is 23.6 Å². The minimum absolute atomic E-state index is 0.0628. The second kappa shape index (κ2) is 6.29. The molecule has 112 valence electrons. The van der Waals surface area contributed by atoms with Crippen LogP contribution in [-0.4, -0.2) is 23.4 Å². The fourth-order valence-electron chi connectivity index (χ4n) is 1.83. The van der Waals surface area contributed by atoms with Crippen molar-refractivity contribution in [2.75, 3.05) is 11.9 Å². The smallest absolute Gasteiger partial charge is 0.309 e. The lowest BCUT2D eigenvalue weighted by atomic mass is 9.86. The second-order valence-corrected chi connectivity index (χ2v) is 4.71. The lowest BCUT2D eigenvalue weighted by molar-refractivity contribution is -0.387. The number of hydrogen-bond donors (Lipinski definition) is 1. The van der Waals surface area contributed by atoms with Gasteiger partial charge in [0.25, 0.3) is 5.91 Å². The lowest BCUT2D eigenvalue weighted by Crippen LogP contribution is -2.28. The number of benzene rings is 1. The maximum Gasteiger partial charge on any atom is 0.309 e. The van der Waals surface area contributed by atoms with E-state index >= 15 is 0 Å². The third kappa shape index (κ3) is 3.74. The molecule has 1 aliphatic rings. The van der Waals surface area contributed by atoms with E-state index in [2.05, 4.69) is 5.32 Å². The van der Waals surface area contributed by atoms with Crippen molar-refractivity contribution >= 4 is 23.3 Å². The number of amides is 1. The van der Waals surface area contributed by atoms with Gasteiger partial charge < -0.3 is 10.1 Å². The third-order valence-electron chi connectivity index (χ3n) is 3.21. The highest BCUT2D eigenvalue weighted by atomic mass is 19.1. The fourth-order valence-corrected chi connectivity index (χ4v) is 1.83. The molecule has 1 aromatic carbocycles. The Bertz CT molecular complexity index is 586. The number of nitrogens with one attached hydrogen (secondary N) is 1. The van der Waals surface area contributed by atoms with Gasteiger partial charge in [0.15, 0.2) is 6.61 Å². The quantitative estimate of drug-likeness (QED) is 0.509. The number of nitro groups is 1. The maximum atomic E-state index is 13.1. The number of esters is 1. The zero-order valence-electron chi connectivity index (χ0n) is 11.0. The molecule has 0 atom stereocenters. The summed E-state index contributed by atoms with van der Waals surface area (Å²) in [5.41, 5.74) is -0.674. The molecule has 0 aliphatic heterocycles. The molecule has 1 N–H and O–H groups in total. The number of ether oxygens (including phenoxy) is 1. The summed E-state index contributed by atoms with van der Waals surface area (Å²) in [7, 11) is 0. The highest BCUT2D eigenvalue weighted by Gasteiger charge is 2.27. The first-order valence-electron chi connectivity index (χ1n) is 6.38. The molecule has 0 radical (unpaired) electrons. The van der Waals surface area contributed by atoms with Crippen molar-refractivity contribution in [2.45, 2.75) is 19.3 Å². The summed E-state index contributed by atoms with van der Waals surface area (Å²) in [5, 5.41) is 12.9. The molecular weight excluding hydrogens is 283 g/mol. The van der Waals surface area contributed by atoms with Crippen LogP contribution in [0, 0.1) is 21.8 Å². The molecule has 0 aromatic heterocycles. The van der Waals surface area contributed by atoms with E-state index < -0.39 is 34.9 Å². The van der Waals surface area contributed by atoms with Crippen molar-refractivity contribution in [3.8, 4) is 0 Å². The molecule has 7 nitrogen and oxygen atoms in total. The summed E-state index contributed by atoms with van der Waals surface area (Å²) in [6, 6.07) is 2.98. The van der Waals surface area contributed by atoms with Crippen LogP contribution in [0.2, 0.25) is 0 Å². The van der Waals surface area contributed by atoms with E-state index in [0.717, 1.165) is 31.4 Å². The van der Waals surface area contributed by atoms with Crippen LogP contribution in [0.1, 0.15) is 19.3 Å². The summed E-state index contributed by atoms with van der Waals surface area (Å²) in [6.45, 7) is -0.472. The third-order valence-corrected chi connectivity index (χ3v) is 3.21. The second-order valence-electron chi connectivity index (χ2n) is 4.71. The van der Waals surface area contributed by atoms with Gasteiger partial charge in [0.05, 0.1) is 10.8 Å². The molecule has 1 aromatic rings. The van der Waals surface area contributed by atoms with Crippen molar-refractivity contribution in [1.29, 1.82) is 0 Å². The Labute approximate surface area is 119 Å². The molecule has 1 saturated carbocycles. The zero-order chi connectivity index (χ0) is 15.4. The molecular formula is C13H13FN2O5. The van der Waals surface area contributed by atoms with Crippen molar-refractivity contribution in [3.63, 3.8) is 0 Å². The van der Waals surface area contributed by atoms with E-state index in [1.54, 1.807) is 0 Å². The number of hydrogen-bond acceptors (Lipinski definition) is 5. The van der Waals surface area contributed by atoms with E-state index in [0.29, 0.717) is 0 Å². The van der Waals surface area contributed by atoms with Crippen molar-refractivity contribution in [1.82, 2.24) is 0 Å². The number of halogens is 1. The molecule has 1 aliphatic carbocycles. The van der Waals surface area contributed by atoms with E-state index in [-0.39, 0.29) is 11.6 Å². The summed E-state index contributed by atoms with van der Waals surface area (Å²) < 4.78 is 17.9. The van der Waals surface area contributed by atoms with Gasteiger partial charge in [0.1, 0.15) is 0 Å². The number of anilines is 1. The largest absolute Gasteiger partial charge is 0.455 e. The summed E-state index contributed by atoms with van der Waals surface area (Å²) >= 11 is 0. The predicted molar refractivity (Wildman–Crippen MR) is 70.0 cm³/mol. The summed E-state index contributed by atoms with van der Waals surface area (Å²) in [6.07, 6.45) is 2.51. The van der Waals surface area contributed by atoms with Gasteiger partial charge in [-0.1, -0.05) is 6.42 Å². The average molecular weight is 296 g/mol. The number of nitro benzene ring substituents is 1. The SMILES string of the molecule is O=C(COC(=O)C1CCC1)Nc1ccc(F)c([N+](=O)[O-])c1. The van der Waals surface area contributed by atoms with Gasteiger partial charge in [-0.05, 0) is 25.0 Å². The Morgan fingerprint density at radius 2 is 2.14 bits per heavy atom. The Morgan fingerprint density at radius 1 is 1.43 bits per heavy atom.